The standard InChI is InChI=1S/C56H50O8/c1-27-9-11-49(57)35(13-27)37-15-29(3)17-39(51(37)59)41-19-31(5)21-43(53(41)61)45-23-33(7)25-47(55(45)63)48-26-34(8)24-46(56(48)64)44-22-32(6)20-42(54(44)62)40-18-30(4)16-38(52(40)60)36-14-28(2)10-12-50(36)58/h9-26,57-64H,1-8H3. The minimum atomic E-state index is -0.214. The number of benzene rings is 8. The third-order valence-electron chi connectivity index (χ3n) is 11.9. The molecule has 0 saturated carbocycles. The smallest absolute Gasteiger partial charge is 0.131 e. The molecule has 0 aliphatic carbocycles. The van der Waals surface area contributed by atoms with E-state index in [-0.39, 0.29) is 68.2 Å². The van der Waals surface area contributed by atoms with E-state index in [2.05, 4.69) is 0 Å². The number of hydrogen-bond donors (Lipinski definition) is 8. The Bertz CT molecular complexity index is 3020. The molecule has 0 aliphatic rings. The van der Waals surface area contributed by atoms with Gasteiger partial charge < -0.3 is 40.9 Å². The Morgan fingerprint density at radius 3 is 0.500 bits per heavy atom. The fraction of sp³-hybridized carbons (Fsp3) is 0.143. The summed E-state index contributed by atoms with van der Waals surface area (Å²) < 4.78 is 0. The summed E-state index contributed by atoms with van der Waals surface area (Å²) in [4.78, 5) is 0. The zero-order valence-corrected chi connectivity index (χ0v) is 37.0. The molecule has 8 aromatic rings. The molecule has 0 saturated heterocycles. The summed E-state index contributed by atoms with van der Waals surface area (Å²) in [6.45, 7) is 14.9. The lowest BCUT2D eigenvalue weighted by Crippen LogP contribution is -1.94. The van der Waals surface area contributed by atoms with Crippen LogP contribution in [0.5, 0.6) is 46.0 Å². The van der Waals surface area contributed by atoms with Gasteiger partial charge in [0.25, 0.3) is 0 Å². The maximum atomic E-state index is 12.2. The van der Waals surface area contributed by atoms with Crippen molar-refractivity contribution < 1.29 is 40.9 Å². The zero-order chi connectivity index (χ0) is 46.0. The van der Waals surface area contributed by atoms with E-state index in [1.807, 2.05) is 55.4 Å². The molecule has 0 bridgehead atoms. The van der Waals surface area contributed by atoms with E-state index >= 15 is 0 Å². The van der Waals surface area contributed by atoms with E-state index in [1.54, 1.807) is 109 Å². The van der Waals surface area contributed by atoms with Crippen LogP contribution in [-0.2, 0) is 0 Å². The largest absolute Gasteiger partial charge is 0.507 e. The van der Waals surface area contributed by atoms with E-state index in [0.717, 1.165) is 44.5 Å². The van der Waals surface area contributed by atoms with Crippen LogP contribution in [0.25, 0.3) is 77.9 Å². The van der Waals surface area contributed by atoms with Gasteiger partial charge in [-0.25, -0.2) is 0 Å². The molecule has 0 fully saturated rings. The molecule has 0 unspecified atom stereocenters. The van der Waals surface area contributed by atoms with Crippen molar-refractivity contribution >= 4 is 0 Å². The molecule has 64 heavy (non-hydrogen) atoms. The van der Waals surface area contributed by atoms with Crippen LogP contribution in [0.3, 0.4) is 0 Å². The van der Waals surface area contributed by atoms with Gasteiger partial charge in [-0.3, -0.25) is 0 Å². The van der Waals surface area contributed by atoms with Gasteiger partial charge in [0, 0.05) is 77.9 Å². The van der Waals surface area contributed by atoms with Gasteiger partial charge in [-0.15, -0.1) is 0 Å². The van der Waals surface area contributed by atoms with Crippen molar-refractivity contribution in [1.82, 2.24) is 0 Å². The third-order valence-corrected chi connectivity index (χ3v) is 11.9. The molecule has 8 rings (SSSR count). The molecule has 8 nitrogen and oxygen atoms in total. The summed E-state index contributed by atoms with van der Waals surface area (Å²) in [5.41, 5.74) is 11.0. The molecule has 0 atom stereocenters. The number of phenols is 8. The molecule has 0 heterocycles. The summed E-state index contributed by atoms with van der Waals surface area (Å²) in [6, 6.07) is 31.4. The van der Waals surface area contributed by atoms with Crippen LogP contribution in [0.15, 0.2) is 109 Å². The average Bonchev–Trinajstić information content (AvgIpc) is 3.24. The van der Waals surface area contributed by atoms with Gasteiger partial charge in [-0.1, -0.05) is 23.3 Å². The third kappa shape index (κ3) is 7.57. The molecular formula is C56H50O8. The quantitative estimate of drug-likeness (QED) is 0.0786. The summed E-state index contributed by atoms with van der Waals surface area (Å²) >= 11 is 0. The van der Waals surface area contributed by atoms with Crippen molar-refractivity contribution in [2.45, 2.75) is 55.4 Å². The van der Waals surface area contributed by atoms with Crippen LogP contribution in [0.2, 0.25) is 0 Å². The number of aryl methyl sites for hydroxylation is 8. The van der Waals surface area contributed by atoms with Crippen molar-refractivity contribution in [3.8, 4) is 124 Å². The second kappa shape index (κ2) is 16.1. The molecule has 8 aromatic carbocycles. The number of aromatic hydroxyl groups is 8. The Labute approximate surface area is 372 Å². The maximum absolute atomic E-state index is 12.2. The molecule has 8 heteroatoms. The second-order valence-corrected chi connectivity index (χ2v) is 17.3. The van der Waals surface area contributed by atoms with E-state index in [0.29, 0.717) is 55.6 Å². The minimum Gasteiger partial charge on any atom is -0.507 e. The average molecular weight is 851 g/mol. The van der Waals surface area contributed by atoms with Gasteiger partial charge in [-0.05, 0) is 186 Å². The Kier molecular flexibility index (Phi) is 10.8. The first-order chi connectivity index (χ1) is 30.3. The Hall–Kier alpha value is -7.84. The van der Waals surface area contributed by atoms with E-state index in [4.69, 9.17) is 0 Å². The Balaban J connectivity index is 1.27. The molecule has 0 amide bonds. The first-order valence-electron chi connectivity index (χ1n) is 20.9. The predicted molar refractivity (Wildman–Crippen MR) is 256 cm³/mol. The predicted octanol–water partition coefficient (Wildman–Crippen LogP) is 13.5. The fourth-order valence-electron chi connectivity index (χ4n) is 8.87. The molecule has 0 radical (unpaired) electrons. The van der Waals surface area contributed by atoms with Gasteiger partial charge in [0.2, 0.25) is 0 Å². The van der Waals surface area contributed by atoms with Crippen LogP contribution in [0.4, 0.5) is 0 Å². The molecule has 0 aliphatic heterocycles. The zero-order valence-electron chi connectivity index (χ0n) is 37.0. The Morgan fingerprint density at radius 2 is 0.328 bits per heavy atom. The topological polar surface area (TPSA) is 162 Å². The maximum Gasteiger partial charge on any atom is 0.131 e. The molecule has 0 aromatic heterocycles. The highest BCUT2D eigenvalue weighted by Crippen LogP contribution is 2.53. The SMILES string of the molecule is Cc1ccc(O)c(-c2cc(C)cc(-c3cc(C)cc(-c4cc(C)cc(-c5cc(C)cc(-c6cc(C)cc(-c7cc(C)cc(-c8cc(C)ccc8O)c7O)c6O)c5O)c4O)c3O)c2O)c1. The number of hydrogen-bond acceptors (Lipinski definition) is 8. The van der Waals surface area contributed by atoms with Crippen molar-refractivity contribution in [3.05, 3.63) is 154 Å². The lowest BCUT2D eigenvalue weighted by Gasteiger charge is -2.20. The van der Waals surface area contributed by atoms with Crippen LogP contribution in [0.1, 0.15) is 44.5 Å². The summed E-state index contributed by atoms with van der Waals surface area (Å²) in [7, 11) is 0. The van der Waals surface area contributed by atoms with Crippen LogP contribution >= 0.6 is 0 Å². The van der Waals surface area contributed by atoms with Crippen molar-refractivity contribution in [2.24, 2.45) is 0 Å². The summed E-state index contributed by atoms with van der Waals surface area (Å²) in [5.74, 6) is -1.06. The van der Waals surface area contributed by atoms with Gasteiger partial charge >= 0.3 is 0 Å². The Morgan fingerprint density at radius 1 is 0.188 bits per heavy atom. The van der Waals surface area contributed by atoms with Gasteiger partial charge in [0.1, 0.15) is 46.0 Å². The van der Waals surface area contributed by atoms with Crippen molar-refractivity contribution in [2.75, 3.05) is 0 Å². The molecule has 322 valence electrons. The van der Waals surface area contributed by atoms with Crippen LogP contribution in [0, 0.1) is 55.4 Å². The lowest BCUT2D eigenvalue weighted by molar-refractivity contribution is 0.464. The monoisotopic (exact) mass is 850 g/mol. The first kappa shape index (κ1) is 42.8. The molecular weight excluding hydrogens is 801 g/mol. The normalized spacial score (nSPS) is 11.3. The van der Waals surface area contributed by atoms with Gasteiger partial charge in [0.05, 0.1) is 0 Å². The summed E-state index contributed by atoms with van der Waals surface area (Å²) in [5, 5.41) is 93.8. The van der Waals surface area contributed by atoms with E-state index in [1.165, 1.54) is 0 Å². The minimum absolute atomic E-state index is 0.00406. The highest BCUT2D eigenvalue weighted by atomic mass is 16.3. The first-order valence-corrected chi connectivity index (χ1v) is 20.9. The highest BCUT2D eigenvalue weighted by molar-refractivity contribution is 5.97. The van der Waals surface area contributed by atoms with Gasteiger partial charge in [0.15, 0.2) is 0 Å². The van der Waals surface area contributed by atoms with Crippen molar-refractivity contribution in [3.63, 3.8) is 0 Å². The van der Waals surface area contributed by atoms with Crippen LogP contribution in [-0.4, -0.2) is 40.9 Å². The van der Waals surface area contributed by atoms with Gasteiger partial charge in [-0.2, -0.15) is 0 Å². The summed E-state index contributed by atoms with van der Waals surface area (Å²) in [6.07, 6.45) is 0. The number of rotatable bonds is 7. The van der Waals surface area contributed by atoms with E-state index < -0.39 is 0 Å². The van der Waals surface area contributed by atoms with Crippen molar-refractivity contribution in [1.29, 1.82) is 0 Å². The molecule has 0 spiro atoms. The molecule has 8 N–H and O–H groups in total. The highest BCUT2D eigenvalue weighted by Gasteiger charge is 2.26. The fourth-order valence-corrected chi connectivity index (χ4v) is 8.87. The number of phenolic OH excluding ortho intramolecular Hbond substituents is 8. The second-order valence-electron chi connectivity index (χ2n) is 17.3. The van der Waals surface area contributed by atoms with E-state index in [9.17, 15) is 40.9 Å². The lowest BCUT2D eigenvalue weighted by atomic mass is 9.87. The van der Waals surface area contributed by atoms with Crippen LogP contribution < -0.4 is 0 Å².